The fraction of sp³-hybridized carbons (Fsp3) is 0.185. The number of rotatable bonds is 6. The Morgan fingerprint density at radius 1 is 0.906 bits per heavy atom. The highest BCUT2D eigenvalue weighted by atomic mass is 16.5. The van der Waals surface area contributed by atoms with Crippen LogP contribution in [0.5, 0.6) is 11.5 Å². The maximum absolute atomic E-state index is 13.4. The van der Waals surface area contributed by atoms with E-state index in [1.54, 1.807) is 14.2 Å². The minimum absolute atomic E-state index is 0.0502. The van der Waals surface area contributed by atoms with Crippen LogP contribution in [0.1, 0.15) is 21.6 Å². The summed E-state index contributed by atoms with van der Waals surface area (Å²) in [5.74, 6) is 1.45. The van der Waals surface area contributed by atoms with Crippen LogP contribution in [-0.4, -0.2) is 36.6 Å². The van der Waals surface area contributed by atoms with Crippen molar-refractivity contribution in [3.05, 3.63) is 89.6 Å². The average Bonchev–Trinajstić information content (AvgIpc) is 3.17. The Hall–Kier alpha value is -3.86. The molecule has 1 aliphatic heterocycles. The monoisotopic (exact) mass is 424 g/mol. The molecule has 0 atom stereocenters. The zero-order chi connectivity index (χ0) is 22.1. The van der Waals surface area contributed by atoms with Crippen LogP contribution in [-0.2, 0) is 13.0 Å². The molecule has 160 valence electrons. The topological polar surface area (TPSA) is 51.7 Å². The first kappa shape index (κ1) is 20.1. The molecular formula is C27H24N2O3. The molecule has 0 saturated heterocycles. The first-order valence-electron chi connectivity index (χ1n) is 10.7. The SMILES string of the molecule is COc1ccc(-c2cccc3c2C(=O)N(CCc2ccc4ccccc4n2)C3)c(OC)c1. The number of hydrogen-bond donors (Lipinski definition) is 0. The largest absolute Gasteiger partial charge is 0.497 e. The molecule has 0 unspecified atom stereocenters. The van der Waals surface area contributed by atoms with Crippen molar-refractivity contribution >= 4 is 16.8 Å². The molecule has 0 spiro atoms. The third-order valence-electron chi connectivity index (χ3n) is 6.01. The fourth-order valence-electron chi connectivity index (χ4n) is 4.34. The van der Waals surface area contributed by atoms with E-state index in [-0.39, 0.29) is 5.91 Å². The van der Waals surface area contributed by atoms with E-state index < -0.39 is 0 Å². The summed E-state index contributed by atoms with van der Waals surface area (Å²) in [6, 6.07) is 23.9. The smallest absolute Gasteiger partial charge is 0.255 e. The molecule has 0 saturated carbocycles. The summed E-state index contributed by atoms with van der Waals surface area (Å²) in [7, 11) is 3.26. The van der Waals surface area contributed by atoms with Gasteiger partial charge in [-0.2, -0.15) is 0 Å². The molecule has 0 aliphatic carbocycles. The molecule has 1 amide bonds. The van der Waals surface area contributed by atoms with Gasteiger partial charge >= 0.3 is 0 Å². The minimum atomic E-state index is 0.0502. The van der Waals surface area contributed by atoms with Gasteiger partial charge in [0.15, 0.2) is 0 Å². The van der Waals surface area contributed by atoms with Gasteiger partial charge in [-0.3, -0.25) is 9.78 Å². The van der Waals surface area contributed by atoms with Gasteiger partial charge in [0.05, 0.1) is 25.3 Å². The maximum atomic E-state index is 13.4. The van der Waals surface area contributed by atoms with Crippen molar-refractivity contribution in [2.75, 3.05) is 20.8 Å². The van der Waals surface area contributed by atoms with Gasteiger partial charge in [0, 0.05) is 42.2 Å². The normalized spacial score (nSPS) is 12.8. The van der Waals surface area contributed by atoms with E-state index in [1.165, 1.54) is 0 Å². The Morgan fingerprint density at radius 2 is 1.78 bits per heavy atom. The summed E-state index contributed by atoms with van der Waals surface area (Å²) in [5.41, 5.74) is 5.54. The number of benzene rings is 3. The van der Waals surface area contributed by atoms with E-state index in [4.69, 9.17) is 14.5 Å². The lowest BCUT2D eigenvalue weighted by Gasteiger charge is -2.16. The van der Waals surface area contributed by atoms with Gasteiger partial charge in [-0.15, -0.1) is 0 Å². The second-order valence-electron chi connectivity index (χ2n) is 7.88. The van der Waals surface area contributed by atoms with Gasteiger partial charge in [0.2, 0.25) is 0 Å². The number of fused-ring (bicyclic) bond motifs is 2. The van der Waals surface area contributed by atoms with Gasteiger partial charge in [0.1, 0.15) is 11.5 Å². The molecule has 0 radical (unpaired) electrons. The third-order valence-corrected chi connectivity index (χ3v) is 6.01. The summed E-state index contributed by atoms with van der Waals surface area (Å²) in [5, 5.41) is 1.12. The van der Waals surface area contributed by atoms with Crippen LogP contribution in [0.15, 0.2) is 72.8 Å². The number of nitrogens with zero attached hydrogens (tertiary/aromatic N) is 2. The number of aromatic nitrogens is 1. The van der Waals surface area contributed by atoms with E-state index in [9.17, 15) is 4.79 Å². The van der Waals surface area contributed by atoms with Crippen LogP contribution < -0.4 is 9.47 Å². The standard InChI is InChI=1S/C27H24N2O3/c1-31-21-12-13-22(25(16-21)32-2)23-8-5-7-19-17-29(27(30)26(19)23)15-14-20-11-10-18-6-3-4-9-24(18)28-20/h3-13,16H,14-15,17H2,1-2H3. The maximum Gasteiger partial charge on any atom is 0.255 e. The lowest BCUT2D eigenvalue weighted by atomic mass is 9.96. The van der Waals surface area contributed by atoms with Gasteiger partial charge in [-0.25, -0.2) is 0 Å². The minimum Gasteiger partial charge on any atom is -0.497 e. The van der Waals surface area contributed by atoms with Gasteiger partial charge in [0.25, 0.3) is 5.91 Å². The number of pyridine rings is 1. The zero-order valence-electron chi connectivity index (χ0n) is 18.2. The molecule has 0 fully saturated rings. The summed E-state index contributed by atoms with van der Waals surface area (Å²) in [6.45, 7) is 1.23. The van der Waals surface area contributed by atoms with Crippen molar-refractivity contribution in [2.24, 2.45) is 0 Å². The van der Waals surface area contributed by atoms with Crippen molar-refractivity contribution in [1.29, 1.82) is 0 Å². The van der Waals surface area contributed by atoms with Crippen molar-refractivity contribution in [2.45, 2.75) is 13.0 Å². The number of hydrogen-bond acceptors (Lipinski definition) is 4. The molecule has 3 aromatic carbocycles. The van der Waals surface area contributed by atoms with Crippen LogP contribution in [0.2, 0.25) is 0 Å². The quantitative estimate of drug-likeness (QED) is 0.431. The van der Waals surface area contributed by atoms with Crippen LogP contribution in [0, 0.1) is 0 Å². The van der Waals surface area contributed by atoms with Crippen LogP contribution in [0.3, 0.4) is 0 Å². The molecule has 0 N–H and O–H groups in total. The molecular weight excluding hydrogens is 400 g/mol. The Labute approximate surface area is 187 Å². The van der Waals surface area contributed by atoms with E-state index in [1.807, 2.05) is 65.6 Å². The highest BCUT2D eigenvalue weighted by Crippen LogP contribution is 2.39. The van der Waals surface area contributed by atoms with E-state index >= 15 is 0 Å². The number of methoxy groups -OCH3 is 2. The van der Waals surface area contributed by atoms with E-state index in [0.717, 1.165) is 38.9 Å². The van der Waals surface area contributed by atoms with Crippen molar-refractivity contribution in [3.63, 3.8) is 0 Å². The Morgan fingerprint density at radius 3 is 2.62 bits per heavy atom. The molecule has 5 rings (SSSR count). The molecule has 5 heteroatoms. The first-order chi connectivity index (χ1) is 15.7. The Kier molecular flexibility index (Phi) is 5.23. The predicted molar refractivity (Wildman–Crippen MR) is 125 cm³/mol. The van der Waals surface area contributed by atoms with E-state index in [0.29, 0.717) is 31.0 Å². The molecule has 1 aliphatic rings. The molecule has 1 aromatic heterocycles. The van der Waals surface area contributed by atoms with Gasteiger partial charge in [-0.1, -0.05) is 42.5 Å². The molecule has 5 nitrogen and oxygen atoms in total. The molecule has 2 heterocycles. The summed E-state index contributed by atoms with van der Waals surface area (Å²) >= 11 is 0. The van der Waals surface area contributed by atoms with Gasteiger partial charge in [-0.05, 0) is 35.4 Å². The zero-order valence-corrected chi connectivity index (χ0v) is 18.2. The van der Waals surface area contributed by atoms with Crippen molar-refractivity contribution in [1.82, 2.24) is 9.88 Å². The van der Waals surface area contributed by atoms with Crippen molar-refractivity contribution in [3.8, 4) is 22.6 Å². The lowest BCUT2D eigenvalue weighted by molar-refractivity contribution is 0.0780. The molecule has 4 aromatic rings. The van der Waals surface area contributed by atoms with Crippen LogP contribution in [0.25, 0.3) is 22.0 Å². The second kappa shape index (κ2) is 8.35. The lowest BCUT2D eigenvalue weighted by Crippen LogP contribution is -2.26. The Bertz CT molecular complexity index is 1320. The highest BCUT2D eigenvalue weighted by molar-refractivity contribution is 6.05. The third kappa shape index (κ3) is 3.56. The number of para-hydroxylation sites is 1. The number of carbonyl (C=O) groups is 1. The average molecular weight is 425 g/mol. The van der Waals surface area contributed by atoms with Gasteiger partial charge < -0.3 is 14.4 Å². The molecule has 0 bridgehead atoms. The van der Waals surface area contributed by atoms with Crippen molar-refractivity contribution < 1.29 is 14.3 Å². The van der Waals surface area contributed by atoms with E-state index in [2.05, 4.69) is 12.1 Å². The summed E-state index contributed by atoms with van der Waals surface area (Å²) in [6.07, 6.45) is 0.714. The second-order valence-corrected chi connectivity index (χ2v) is 7.88. The number of carbonyl (C=O) groups excluding carboxylic acids is 1. The number of amides is 1. The first-order valence-corrected chi connectivity index (χ1v) is 10.7. The fourth-order valence-corrected chi connectivity index (χ4v) is 4.34. The van der Waals surface area contributed by atoms with Crippen LogP contribution in [0.4, 0.5) is 0 Å². The number of ether oxygens (including phenoxy) is 2. The molecule has 32 heavy (non-hydrogen) atoms. The summed E-state index contributed by atoms with van der Waals surface area (Å²) in [4.78, 5) is 20.0. The Balaban J connectivity index is 1.40. The summed E-state index contributed by atoms with van der Waals surface area (Å²) < 4.78 is 10.9. The predicted octanol–water partition coefficient (Wildman–Crippen LogP) is 5.12. The highest BCUT2D eigenvalue weighted by Gasteiger charge is 2.30. The van der Waals surface area contributed by atoms with Crippen LogP contribution >= 0.6 is 0 Å².